The van der Waals surface area contributed by atoms with Crippen LogP contribution in [0.1, 0.15) is 24.0 Å². The number of halogens is 1. The van der Waals surface area contributed by atoms with Gasteiger partial charge < -0.3 is 4.74 Å². The minimum atomic E-state index is -0.251. The summed E-state index contributed by atoms with van der Waals surface area (Å²) in [6, 6.07) is 14.7. The number of benzene rings is 2. The van der Waals surface area contributed by atoms with Crippen LogP contribution in [0, 0.1) is 11.7 Å². The molecule has 1 aliphatic rings. The van der Waals surface area contributed by atoms with Crippen molar-refractivity contribution < 1.29 is 9.13 Å². The second kappa shape index (κ2) is 7.18. The topological polar surface area (TPSA) is 33.6 Å². The molecule has 0 bridgehead atoms. The third-order valence-electron chi connectivity index (χ3n) is 3.57. The van der Waals surface area contributed by atoms with Gasteiger partial charge in [-0.25, -0.2) is 4.39 Å². The van der Waals surface area contributed by atoms with Gasteiger partial charge in [-0.05, 0) is 42.5 Å². The Kier molecular flexibility index (Phi) is 4.81. The molecule has 0 aliphatic heterocycles. The van der Waals surface area contributed by atoms with E-state index in [1.807, 2.05) is 36.4 Å². The number of nitrogens with one attached hydrogen (secondary N) is 1. The van der Waals surface area contributed by atoms with E-state index in [9.17, 15) is 4.39 Å². The van der Waals surface area contributed by atoms with Crippen LogP contribution in [0.5, 0.6) is 0 Å². The number of hydrogen-bond acceptors (Lipinski definition) is 3. The fraction of sp³-hybridized carbons (Fsp3) is 0.278. The summed E-state index contributed by atoms with van der Waals surface area (Å²) in [6.45, 7) is 1.08. The summed E-state index contributed by atoms with van der Waals surface area (Å²) in [6.07, 6.45) is 4.09. The Morgan fingerprint density at radius 3 is 2.73 bits per heavy atom. The lowest BCUT2D eigenvalue weighted by atomic mass is 10.1. The highest BCUT2D eigenvalue weighted by Gasteiger charge is 2.21. The molecule has 114 valence electrons. The van der Waals surface area contributed by atoms with Crippen LogP contribution in [0.3, 0.4) is 0 Å². The first-order valence-corrected chi connectivity index (χ1v) is 7.51. The highest BCUT2D eigenvalue weighted by molar-refractivity contribution is 5.80. The number of hydrazone groups is 1. The van der Waals surface area contributed by atoms with Crippen molar-refractivity contribution >= 4 is 11.9 Å². The third kappa shape index (κ3) is 4.40. The van der Waals surface area contributed by atoms with Crippen LogP contribution in [-0.4, -0.2) is 12.8 Å². The van der Waals surface area contributed by atoms with Gasteiger partial charge in [-0.1, -0.05) is 30.3 Å². The molecule has 0 aromatic heterocycles. The molecule has 4 heteroatoms. The molecule has 1 saturated carbocycles. The average molecular weight is 298 g/mol. The molecule has 2 aromatic carbocycles. The van der Waals surface area contributed by atoms with E-state index in [0.717, 1.165) is 12.3 Å². The zero-order valence-electron chi connectivity index (χ0n) is 12.3. The van der Waals surface area contributed by atoms with Crippen LogP contribution in [0.25, 0.3) is 0 Å². The van der Waals surface area contributed by atoms with E-state index in [-0.39, 0.29) is 5.82 Å². The number of hydrogen-bond donors (Lipinski definition) is 1. The van der Waals surface area contributed by atoms with Gasteiger partial charge in [0.05, 0.1) is 18.5 Å². The Labute approximate surface area is 129 Å². The van der Waals surface area contributed by atoms with Gasteiger partial charge in [-0.15, -0.1) is 0 Å². The van der Waals surface area contributed by atoms with Gasteiger partial charge in [0, 0.05) is 12.2 Å². The smallest absolute Gasteiger partial charge is 0.129 e. The van der Waals surface area contributed by atoms with Gasteiger partial charge in [-0.2, -0.15) is 5.10 Å². The van der Waals surface area contributed by atoms with Crippen LogP contribution in [0.4, 0.5) is 10.1 Å². The first-order valence-electron chi connectivity index (χ1n) is 7.51. The normalized spacial score (nSPS) is 14.4. The molecule has 0 unspecified atom stereocenters. The molecular formula is C18H19FN2O. The number of anilines is 1. The van der Waals surface area contributed by atoms with Crippen LogP contribution in [0.15, 0.2) is 53.6 Å². The maximum absolute atomic E-state index is 14.0. The average Bonchev–Trinajstić information content (AvgIpc) is 3.35. The van der Waals surface area contributed by atoms with Crippen LogP contribution in [0.2, 0.25) is 0 Å². The van der Waals surface area contributed by atoms with Crippen LogP contribution in [-0.2, 0) is 11.3 Å². The van der Waals surface area contributed by atoms with E-state index in [2.05, 4.69) is 10.5 Å². The van der Waals surface area contributed by atoms with Crippen molar-refractivity contribution in [1.29, 1.82) is 0 Å². The van der Waals surface area contributed by atoms with Crippen molar-refractivity contribution in [2.45, 2.75) is 19.4 Å². The van der Waals surface area contributed by atoms with Crippen molar-refractivity contribution in [3.63, 3.8) is 0 Å². The third-order valence-corrected chi connectivity index (χ3v) is 3.57. The summed E-state index contributed by atoms with van der Waals surface area (Å²) in [5.74, 6) is 0.443. The number of rotatable bonds is 7. The molecule has 3 rings (SSSR count). The van der Waals surface area contributed by atoms with Gasteiger partial charge in [0.1, 0.15) is 5.82 Å². The fourth-order valence-corrected chi connectivity index (χ4v) is 2.08. The molecule has 0 heterocycles. The Hall–Kier alpha value is -2.20. The molecular weight excluding hydrogens is 279 g/mol. The summed E-state index contributed by atoms with van der Waals surface area (Å²) in [4.78, 5) is 0. The molecule has 1 N–H and O–H groups in total. The zero-order valence-corrected chi connectivity index (χ0v) is 12.3. The molecule has 2 aromatic rings. The first-order chi connectivity index (χ1) is 10.8. The summed E-state index contributed by atoms with van der Waals surface area (Å²) in [5.41, 5.74) is 5.10. The van der Waals surface area contributed by atoms with E-state index >= 15 is 0 Å². The monoisotopic (exact) mass is 298 g/mol. The second-order valence-corrected chi connectivity index (χ2v) is 5.55. The fourth-order valence-electron chi connectivity index (χ4n) is 2.08. The van der Waals surface area contributed by atoms with Gasteiger partial charge >= 0.3 is 0 Å². The number of para-hydroxylation sites is 1. The zero-order chi connectivity index (χ0) is 15.2. The molecule has 0 saturated heterocycles. The van der Waals surface area contributed by atoms with Crippen molar-refractivity contribution in [3.8, 4) is 0 Å². The van der Waals surface area contributed by atoms with E-state index in [0.29, 0.717) is 23.7 Å². The van der Waals surface area contributed by atoms with Crippen molar-refractivity contribution in [2.24, 2.45) is 11.0 Å². The molecule has 0 atom stereocenters. The van der Waals surface area contributed by atoms with Gasteiger partial charge in [0.15, 0.2) is 0 Å². The van der Waals surface area contributed by atoms with E-state index in [1.165, 1.54) is 18.9 Å². The summed E-state index contributed by atoms with van der Waals surface area (Å²) in [7, 11) is 0. The van der Waals surface area contributed by atoms with E-state index < -0.39 is 0 Å². The molecule has 22 heavy (non-hydrogen) atoms. The van der Waals surface area contributed by atoms with Crippen LogP contribution < -0.4 is 5.43 Å². The highest BCUT2D eigenvalue weighted by atomic mass is 19.1. The Bertz CT molecular complexity index is 639. The lowest BCUT2D eigenvalue weighted by Crippen LogP contribution is -2.00. The second-order valence-electron chi connectivity index (χ2n) is 5.55. The standard InChI is InChI=1S/C18H19FN2O/c19-18-10-15(11-20-21-17-4-2-1-3-5-17)8-9-16(18)13-22-12-14-6-7-14/h1-5,8-11,14,21H,6-7,12-13H2. The molecule has 0 amide bonds. The minimum absolute atomic E-state index is 0.251. The highest BCUT2D eigenvalue weighted by Crippen LogP contribution is 2.29. The molecule has 1 fully saturated rings. The number of nitrogens with zero attached hydrogens (tertiary/aromatic N) is 1. The maximum atomic E-state index is 14.0. The van der Waals surface area contributed by atoms with Crippen LogP contribution >= 0.6 is 0 Å². The van der Waals surface area contributed by atoms with E-state index in [1.54, 1.807) is 12.3 Å². The summed E-state index contributed by atoms with van der Waals surface area (Å²) < 4.78 is 19.5. The maximum Gasteiger partial charge on any atom is 0.129 e. The molecule has 3 nitrogen and oxygen atoms in total. The minimum Gasteiger partial charge on any atom is -0.376 e. The van der Waals surface area contributed by atoms with Gasteiger partial charge in [0.2, 0.25) is 0 Å². The molecule has 0 radical (unpaired) electrons. The van der Waals surface area contributed by atoms with Gasteiger partial charge in [0.25, 0.3) is 0 Å². The Morgan fingerprint density at radius 2 is 2.00 bits per heavy atom. The summed E-state index contributed by atoms with van der Waals surface area (Å²) in [5, 5.41) is 4.10. The SMILES string of the molecule is Fc1cc(C=NNc2ccccc2)ccc1COCC1CC1. The largest absolute Gasteiger partial charge is 0.376 e. The Morgan fingerprint density at radius 1 is 1.18 bits per heavy atom. The predicted octanol–water partition coefficient (Wildman–Crippen LogP) is 4.20. The van der Waals surface area contributed by atoms with E-state index in [4.69, 9.17) is 4.74 Å². The van der Waals surface area contributed by atoms with Gasteiger partial charge in [-0.3, -0.25) is 5.43 Å². The number of ether oxygens (including phenoxy) is 1. The predicted molar refractivity (Wildman–Crippen MR) is 86.4 cm³/mol. The molecule has 1 aliphatic carbocycles. The molecule has 0 spiro atoms. The lowest BCUT2D eigenvalue weighted by Gasteiger charge is -2.05. The summed E-state index contributed by atoms with van der Waals surface area (Å²) >= 11 is 0. The van der Waals surface area contributed by atoms with Crippen molar-refractivity contribution in [2.75, 3.05) is 12.0 Å². The van der Waals surface area contributed by atoms with Crippen molar-refractivity contribution in [1.82, 2.24) is 0 Å². The first kappa shape index (κ1) is 14.7. The Balaban J connectivity index is 1.54. The van der Waals surface area contributed by atoms with Crippen molar-refractivity contribution in [3.05, 3.63) is 65.5 Å². The quantitative estimate of drug-likeness (QED) is 0.614. The lowest BCUT2D eigenvalue weighted by molar-refractivity contribution is 0.109.